The van der Waals surface area contributed by atoms with Crippen LogP contribution in [0.25, 0.3) is 17.1 Å². The van der Waals surface area contributed by atoms with E-state index in [0.29, 0.717) is 27.3 Å². The number of rotatable bonds is 6. The average molecular weight is 465 g/mol. The molecule has 162 valence electrons. The summed E-state index contributed by atoms with van der Waals surface area (Å²) in [7, 11) is 0. The van der Waals surface area contributed by atoms with Gasteiger partial charge in [-0.1, -0.05) is 53.2 Å². The molecule has 3 aromatic carbocycles. The van der Waals surface area contributed by atoms with Crippen molar-refractivity contribution < 1.29 is 9.90 Å². The molecule has 0 atom stereocenters. The van der Waals surface area contributed by atoms with Gasteiger partial charge in [-0.2, -0.15) is 0 Å². The number of para-hydroxylation sites is 1. The van der Waals surface area contributed by atoms with Crippen LogP contribution in [0.1, 0.15) is 11.1 Å². The Morgan fingerprint density at radius 3 is 2.53 bits per heavy atom. The van der Waals surface area contributed by atoms with Crippen molar-refractivity contribution in [2.24, 2.45) is 0 Å². The van der Waals surface area contributed by atoms with Gasteiger partial charge in [-0.3, -0.25) is 9.36 Å². The summed E-state index contributed by atoms with van der Waals surface area (Å²) in [5.74, 6) is 0.599. The molecule has 0 saturated heterocycles. The second-order valence-corrected chi connectivity index (χ2v) is 8.67. The van der Waals surface area contributed by atoms with E-state index in [4.69, 9.17) is 11.6 Å². The number of thioether (sulfide) groups is 1. The minimum absolute atomic E-state index is 0.114. The van der Waals surface area contributed by atoms with Crippen molar-refractivity contribution in [1.82, 2.24) is 14.8 Å². The third-order valence-electron chi connectivity index (χ3n) is 4.83. The van der Waals surface area contributed by atoms with Crippen molar-refractivity contribution in [3.05, 3.63) is 82.9 Å². The first-order chi connectivity index (χ1) is 15.4. The normalized spacial score (nSPS) is 10.8. The zero-order valence-corrected chi connectivity index (χ0v) is 19.1. The number of hydrogen-bond donors (Lipinski definition) is 2. The zero-order valence-electron chi connectivity index (χ0n) is 17.5. The Bertz CT molecular complexity index is 1270. The van der Waals surface area contributed by atoms with Crippen LogP contribution < -0.4 is 5.32 Å². The number of aromatic hydroxyl groups is 1. The summed E-state index contributed by atoms with van der Waals surface area (Å²) < 4.78 is 1.88. The third-order valence-corrected chi connectivity index (χ3v) is 6.01. The standard InChI is InChI=1S/C24H21ClN4O2S/c1-15-7-12-20(16(2)13-15)29-23(19-5-3-4-6-21(19)30)27-28-24(29)32-14-22(31)26-18-10-8-17(25)9-11-18/h3-13,30H,14H2,1-2H3,(H,26,31). The lowest BCUT2D eigenvalue weighted by atomic mass is 10.1. The molecule has 0 radical (unpaired) electrons. The van der Waals surface area contributed by atoms with E-state index in [1.165, 1.54) is 11.8 Å². The van der Waals surface area contributed by atoms with Crippen LogP contribution in [0, 0.1) is 13.8 Å². The Morgan fingerprint density at radius 2 is 1.81 bits per heavy atom. The lowest BCUT2D eigenvalue weighted by molar-refractivity contribution is -0.113. The van der Waals surface area contributed by atoms with Gasteiger partial charge in [0.2, 0.25) is 5.91 Å². The molecule has 8 heteroatoms. The van der Waals surface area contributed by atoms with E-state index >= 15 is 0 Å². The fourth-order valence-electron chi connectivity index (χ4n) is 3.33. The van der Waals surface area contributed by atoms with Crippen molar-refractivity contribution in [1.29, 1.82) is 0 Å². The highest BCUT2D eigenvalue weighted by atomic mass is 35.5. The number of anilines is 1. The minimum Gasteiger partial charge on any atom is -0.507 e. The molecule has 1 heterocycles. The summed E-state index contributed by atoms with van der Waals surface area (Å²) in [6.45, 7) is 4.04. The summed E-state index contributed by atoms with van der Waals surface area (Å²) in [6, 6.07) is 20.0. The first-order valence-electron chi connectivity index (χ1n) is 9.92. The van der Waals surface area contributed by atoms with Crippen molar-refractivity contribution in [2.75, 3.05) is 11.1 Å². The number of hydrogen-bond acceptors (Lipinski definition) is 5. The molecule has 1 amide bonds. The number of halogens is 1. The number of amides is 1. The summed E-state index contributed by atoms with van der Waals surface area (Å²) in [5, 5.41) is 23.1. The third kappa shape index (κ3) is 4.79. The largest absolute Gasteiger partial charge is 0.507 e. The summed E-state index contributed by atoms with van der Waals surface area (Å²) >= 11 is 7.18. The van der Waals surface area contributed by atoms with Gasteiger partial charge in [0, 0.05) is 10.7 Å². The lowest BCUT2D eigenvalue weighted by Crippen LogP contribution is -2.14. The van der Waals surface area contributed by atoms with E-state index in [9.17, 15) is 9.90 Å². The van der Waals surface area contributed by atoms with Gasteiger partial charge in [-0.25, -0.2) is 0 Å². The van der Waals surface area contributed by atoms with E-state index < -0.39 is 0 Å². The Kier molecular flexibility index (Phi) is 6.48. The topological polar surface area (TPSA) is 80.0 Å². The number of aromatic nitrogens is 3. The van der Waals surface area contributed by atoms with Gasteiger partial charge in [0.05, 0.1) is 17.0 Å². The molecule has 0 aliphatic rings. The molecule has 2 N–H and O–H groups in total. The molecule has 1 aromatic heterocycles. The Morgan fingerprint density at radius 1 is 1.06 bits per heavy atom. The maximum atomic E-state index is 12.5. The lowest BCUT2D eigenvalue weighted by Gasteiger charge is -2.14. The summed E-state index contributed by atoms with van der Waals surface area (Å²) in [4.78, 5) is 12.5. The molecule has 32 heavy (non-hydrogen) atoms. The number of nitrogens with zero attached hydrogens (tertiary/aromatic N) is 3. The predicted molar refractivity (Wildman–Crippen MR) is 129 cm³/mol. The van der Waals surface area contributed by atoms with Gasteiger partial charge in [-0.05, 0) is 61.9 Å². The maximum Gasteiger partial charge on any atom is 0.234 e. The second-order valence-electron chi connectivity index (χ2n) is 7.29. The maximum absolute atomic E-state index is 12.5. The van der Waals surface area contributed by atoms with Crippen molar-refractivity contribution >= 4 is 35.0 Å². The second kappa shape index (κ2) is 9.46. The first-order valence-corrected chi connectivity index (χ1v) is 11.3. The monoisotopic (exact) mass is 464 g/mol. The number of benzene rings is 3. The molecular formula is C24H21ClN4O2S. The van der Waals surface area contributed by atoms with Crippen LogP contribution in [-0.4, -0.2) is 31.5 Å². The SMILES string of the molecule is Cc1ccc(-n2c(SCC(=O)Nc3ccc(Cl)cc3)nnc2-c2ccccc2O)c(C)c1. The Hall–Kier alpha value is -3.29. The Balaban J connectivity index is 1.65. The van der Waals surface area contributed by atoms with Crippen LogP contribution in [0.5, 0.6) is 5.75 Å². The molecule has 4 rings (SSSR count). The van der Waals surface area contributed by atoms with Gasteiger partial charge in [0.1, 0.15) is 5.75 Å². The molecule has 0 saturated carbocycles. The highest BCUT2D eigenvalue weighted by molar-refractivity contribution is 7.99. The van der Waals surface area contributed by atoms with E-state index in [0.717, 1.165) is 16.8 Å². The number of phenols is 1. The van der Waals surface area contributed by atoms with Gasteiger partial charge in [0.25, 0.3) is 0 Å². The van der Waals surface area contributed by atoms with Crippen molar-refractivity contribution in [3.8, 4) is 22.8 Å². The van der Waals surface area contributed by atoms with E-state index in [1.807, 2.05) is 36.6 Å². The highest BCUT2D eigenvalue weighted by Gasteiger charge is 2.20. The fourth-order valence-corrected chi connectivity index (χ4v) is 4.21. The van der Waals surface area contributed by atoms with Gasteiger partial charge in [-0.15, -0.1) is 10.2 Å². The molecule has 0 bridgehead atoms. The molecule has 0 aliphatic carbocycles. The summed E-state index contributed by atoms with van der Waals surface area (Å²) in [5.41, 5.74) is 4.30. The average Bonchev–Trinajstić information content (AvgIpc) is 3.18. The predicted octanol–water partition coefficient (Wildman–Crippen LogP) is 5.64. The van der Waals surface area contributed by atoms with Crippen LogP contribution in [0.2, 0.25) is 5.02 Å². The van der Waals surface area contributed by atoms with Crippen molar-refractivity contribution in [3.63, 3.8) is 0 Å². The molecule has 4 aromatic rings. The number of carbonyl (C=O) groups is 1. The van der Waals surface area contributed by atoms with Crippen LogP contribution in [-0.2, 0) is 4.79 Å². The number of carbonyl (C=O) groups excluding carboxylic acids is 1. The molecule has 0 aliphatic heterocycles. The minimum atomic E-state index is -0.170. The Labute approximate surface area is 195 Å². The number of phenolic OH excluding ortho intramolecular Hbond substituents is 1. The molecule has 0 fully saturated rings. The fraction of sp³-hybridized carbons (Fsp3) is 0.125. The smallest absolute Gasteiger partial charge is 0.234 e. The van der Waals surface area contributed by atoms with Gasteiger partial charge >= 0.3 is 0 Å². The number of aryl methyl sites for hydroxylation is 2. The number of nitrogens with one attached hydrogen (secondary N) is 1. The van der Waals surface area contributed by atoms with E-state index in [1.54, 1.807) is 42.5 Å². The van der Waals surface area contributed by atoms with Gasteiger partial charge < -0.3 is 10.4 Å². The van der Waals surface area contributed by atoms with Gasteiger partial charge in [0.15, 0.2) is 11.0 Å². The first kappa shape index (κ1) is 21.9. The van der Waals surface area contributed by atoms with Crippen LogP contribution in [0.3, 0.4) is 0 Å². The summed E-state index contributed by atoms with van der Waals surface area (Å²) in [6.07, 6.45) is 0. The van der Waals surface area contributed by atoms with E-state index in [-0.39, 0.29) is 17.4 Å². The molecule has 6 nitrogen and oxygen atoms in total. The van der Waals surface area contributed by atoms with Crippen LogP contribution in [0.15, 0.2) is 71.9 Å². The van der Waals surface area contributed by atoms with Crippen LogP contribution in [0.4, 0.5) is 5.69 Å². The van der Waals surface area contributed by atoms with Crippen LogP contribution >= 0.6 is 23.4 Å². The molecule has 0 spiro atoms. The molecule has 0 unspecified atom stereocenters. The van der Waals surface area contributed by atoms with Crippen molar-refractivity contribution in [2.45, 2.75) is 19.0 Å². The molecular weight excluding hydrogens is 444 g/mol. The van der Waals surface area contributed by atoms with E-state index in [2.05, 4.69) is 21.6 Å². The quantitative estimate of drug-likeness (QED) is 0.361. The zero-order chi connectivity index (χ0) is 22.7. The highest BCUT2D eigenvalue weighted by Crippen LogP contribution is 2.33.